The fourth-order valence-corrected chi connectivity index (χ4v) is 2.96. The van der Waals surface area contributed by atoms with Gasteiger partial charge in [0, 0.05) is 11.1 Å². The molecule has 0 spiro atoms. The number of rotatable bonds is 8. The van der Waals surface area contributed by atoms with Crippen molar-refractivity contribution >= 4 is 18.4 Å². The van der Waals surface area contributed by atoms with E-state index in [4.69, 9.17) is 31.2 Å². The topological polar surface area (TPSA) is 82.9 Å². The van der Waals surface area contributed by atoms with Crippen molar-refractivity contribution in [1.82, 2.24) is 14.9 Å². The van der Waals surface area contributed by atoms with Crippen LogP contribution in [0.2, 0.25) is 0 Å². The summed E-state index contributed by atoms with van der Waals surface area (Å²) in [6.45, 7) is 2.51. The van der Waals surface area contributed by atoms with E-state index in [0.29, 0.717) is 34.5 Å². The Morgan fingerprint density at radius 2 is 1.83 bits per heavy atom. The zero-order valence-corrected chi connectivity index (χ0v) is 17.4. The Kier molecular flexibility index (Phi) is 6.50. The summed E-state index contributed by atoms with van der Waals surface area (Å²) in [4.78, 5) is 0. The molecule has 0 saturated carbocycles. The van der Waals surface area contributed by atoms with E-state index in [-0.39, 0.29) is 0 Å². The van der Waals surface area contributed by atoms with Crippen LogP contribution in [0.5, 0.6) is 23.0 Å². The summed E-state index contributed by atoms with van der Waals surface area (Å²) in [7, 11) is 4.68. The van der Waals surface area contributed by atoms with Gasteiger partial charge in [0.05, 0.1) is 34.2 Å². The van der Waals surface area contributed by atoms with E-state index >= 15 is 0 Å². The first-order valence-electron chi connectivity index (χ1n) is 8.86. The molecule has 0 aliphatic heterocycles. The highest BCUT2D eigenvalue weighted by molar-refractivity contribution is 7.71. The van der Waals surface area contributed by atoms with E-state index < -0.39 is 0 Å². The van der Waals surface area contributed by atoms with Gasteiger partial charge in [-0.15, -0.1) is 0 Å². The Balaban J connectivity index is 2.00. The number of hydrogen-bond donors (Lipinski definition) is 1. The summed E-state index contributed by atoms with van der Waals surface area (Å²) < 4.78 is 23.6. The standard InChI is InChI=1S/C20H22N4O4S/c1-5-28-15-8-6-7-14(11-15)19-22-23-20(29)24(19)21-12-13-9-16(25-2)18(27-4)17(10-13)26-3/h6-12H,5H2,1-4H3,(H,23,29)/b21-12+. The monoisotopic (exact) mass is 414 g/mol. The van der Waals surface area contributed by atoms with E-state index in [1.807, 2.05) is 31.2 Å². The molecule has 0 atom stereocenters. The zero-order valence-electron chi connectivity index (χ0n) is 16.6. The molecule has 0 aliphatic carbocycles. The molecule has 3 aromatic rings. The second kappa shape index (κ2) is 9.24. The van der Waals surface area contributed by atoms with Gasteiger partial charge >= 0.3 is 0 Å². The minimum Gasteiger partial charge on any atom is -0.494 e. The molecule has 8 nitrogen and oxygen atoms in total. The van der Waals surface area contributed by atoms with E-state index in [0.717, 1.165) is 16.9 Å². The SMILES string of the molecule is CCOc1cccc(-c2n[nH]c(=S)n2/N=C/c2cc(OC)c(OC)c(OC)c2)c1. The van der Waals surface area contributed by atoms with Crippen LogP contribution in [0.1, 0.15) is 12.5 Å². The molecule has 0 amide bonds. The van der Waals surface area contributed by atoms with Crippen molar-refractivity contribution < 1.29 is 18.9 Å². The lowest BCUT2D eigenvalue weighted by Gasteiger charge is -2.12. The van der Waals surface area contributed by atoms with Crippen molar-refractivity contribution in [2.45, 2.75) is 6.92 Å². The van der Waals surface area contributed by atoms with Crippen LogP contribution >= 0.6 is 12.2 Å². The van der Waals surface area contributed by atoms with E-state index in [1.165, 1.54) is 0 Å². The zero-order chi connectivity index (χ0) is 20.8. The molecule has 0 fully saturated rings. The van der Waals surface area contributed by atoms with Crippen LogP contribution in [0.15, 0.2) is 41.5 Å². The average Bonchev–Trinajstić information content (AvgIpc) is 3.12. The third-order valence-electron chi connectivity index (χ3n) is 4.06. The smallest absolute Gasteiger partial charge is 0.216 e. The highest BCUT2D eigenvalue weighted by Crippen LogP contribution is 2.37. The van der Waals surface area contributed by atoms with Gasteiger partial charge in [-0.2, -0.15) is 14.9 Å². The van der Waals surface area contributed by atoms with Gasteiger partial charge in [0.1, 0.15) is 5.75 Å². The van der Waals surface area contributed by atoms with Crippen LogP contribution < -0.4 is 18.9 Å². The fourth-order valence-electron chi connectivity index (χ4n) is 2.78. The summed E-state index contributed by atoms with van der Waals surface area (Å²) in [5.74, 6) is 2.90. The predicted molar refractivity (Wildman–Crippen MR) is 113 cm³/mol. The molecule has 0 bridgehead atoms. The largest absolute Gasteiger partial charge is 0.494 e. The fraction of sp³-hybridized carbons (Fsp3) is 0.250. The van der Waals surface area contributed by atoms with Crippen LogP contribution in [-0.4, -0.2) is 49.0 Å². The summed E-state index contributed by atoms with van der Waals surface area (Å²) >= 11 is 5.34. The summed E-state index contributed by atoms with van der Waals surface area (Å²) in [6, 6.07) is 11.2. The molecule has 0 unspecified atom stereocenters. The predicted octanol–water partition coefficient (Wildman–Crippen LogP) is 3.91. The van der Waals surface area contributed by atoms with Crippen molar-refractivity contribution in [3.8, 4) is 34.4 Å². The first-order chi connectivity index (χ1) is 14.1. The van der Waals surface area contributed by atoms with Crippen molar-refractivity contribution in [2.75, 3.05) is 27.9 Å². The molecule has 0 saturated heterocycles. The number of aromatic amines is 1. The van der Waals surface area contributed by atoms with Crippen LogP contribution in [0.4, 0.5) is 0 Å². The maximum atomic E-state index is 5.57. The van der Waals surface area contributed by atoms with Crippen molar-refractivity contribution in [3.63, 3.8) is 0 Å². The van der Waals surface area contributed by atoms with Gasteiger partial charge in [0.25, 0.3) is 0 Å². The van der Waals surface area contributed by atoms with E-state index in [9.17, 15) is 0 Å². The maximum absolute atomic E-state index is 5.57. The molecule has 2 aromatic carbocycles. The van der Waals surface area contributed by atoms with E-state index in [1.54, 1.807) is 44.4 Å². The molecule has 0 aliphatic rings. The molecule has 0 radical (unpaired) electrons. The van der Waals surface area contributed by atoms with Crippen LogP contribution in [0.25, 0.3) is 11.4 Å². The van der Waals surface area contributed by atoms with Crippen LogP contribution in [-0.2, 0) is 0 Å². The molecular weight excluding hydrogens is 392 g/mol. The molecule has 1 aromatic heterocycles. The third kappa shape index (κ3) is 4.40. The van der Waals surface area contributed by atoms with Gasteiger partial charge in [-0.3, -0.25) is 0 Å². The minimum absolute atomic E-state index is 0.366. The number of methoxy groups -OCH3 is 3. The van der Waals surface area contributed by atoms with Gasteiger partial charge in [-0.1, -0.05) is 12.1 Å². The van der Waals surface area contributed by atoms with Gasteiger partial charge in [0.2, 0.25) is 10.5 Å². The first-order valence-corrected chi connectivity index (χ1v) is 9.27. The van der Waals surface area contributed by atoms with Gasteiger partial charge in [-0.05, 0) is 43.4 Å². The Morgan fingerprint density at radius 3 is 2.45 bits per heavy atom. The Bertz CT molecular complexity index is 1050. The number of nitrogens with zero attached hydrogens (tertiary/aromatic N) is 3. The molecule has 3 rings (SSSR count). The molecule has 1 N–H and O–H groups in total. The normalized spacial score (nSPS) is 10.9. The maximum Gasteiger partial charge on any atom is 0.216 e. The van der Waals surface area contributed by atoms with Crippen molar-refractivity contribution in [2.24, 2.45) is 5.10 Å². The average molecular weight is 414 g/mol. The number of hydrogen-bond acceptors (Lipinski definition) is 7. The van der Waals surface area contributed by atoms with Crippen molar-refractivity contribution in [1.29, 1.82) is 0 Å². The number of benzene rings is 2. The number of H-pyrrole nitrogens is 1. The Morgan fingerprint density at radius 1 is 1.10 bits per heavy atom. The second-order valence-electron chi connectivity index (χ2n) is 5.83. The molecule has 1 heterocycles. The quantitative estimate of drug-likeness (QED) is 0.444. The lowest BCUT2D eigenvalue weighted by molar-refractivity contribution is 0.324. The van der Waals surface area contributed by atoms with Crippen LogP contribution in [0, 0.1) is 4.77 Å². The van der Waals surface area contributed by atoms with Gasteiger partial charge in [-0.25, -0.2) is 5.10 Å². The summed E-state index contributed by atoms with van der Waals surface area (Å²) in [6.07, 6.45) is 1.64. The highest BCUT2D eigenvalue weighted by atomic mass is 32.1. The van der Waals surface area contributed by atoms with E-state index in [2.05, 4.69) is 15.3 Å². The van der Waals surface area contributed by atoms with Crippen molar-refractivity contribution in [3.05, 3.63) is 46.7 Å². The molecule has 152 valence electrons. The Hall–Kier alpha value is -3.33. The third-order valence-corrected chi connectivity index (χ3v) is 4.33. The minimum atomic E-state index is 0.366. The molecule has 29 heavy (non-hydrogen) atoms. The lowest BCUT2D eigenvalue weighted by atomic mass is 10.2. The lowest BCUT2D eigenvalue weighted by Crippen LogP contribution is -1.99. The van der Waals surface area contributed by atoms with Crippen LogP contribution in [0.3, 0.4) is 0 Å². The first kappa shape index (κ1) is 20.4. The molecular formula is C20H22N4O4S. The number of aromatic nitrogens is 3. The van der Waals surface area contributed by atoms with Gasteiger partial charge in [0.15, 0.2) is 17.3 Å². The molecule has 9 heteroatoms. The Labute approximate surface area is 173 Å². The second-order valence-corrected chi connectivity index (χ2v) is 6.21. The summed E-state index contributed by atoms with van der Waals surface area (Å²) in [5.41, 5.74) is 1.57. The highest BCUT2D eigenvalue weighted by Gasteiger charge is 2.13. The number of nitrogens with one attached hydrogen (secondary N) is 1. The van der Waals surface area contributed by atoms with Gasteiger partial charge < -0.3 is 18.9 Å². The summed E-state index contributed by atoms with van der Waals surface area (Å²) in [5, 5.41) is 11.6. The number of ether oxygens (including phenoxy) is 4.